The number of nitrogens with two attached hydrogens (primary N) is 2. The maximum atomic E-state index is 12.6. The summed E-state index contributed by atoms with van der Waals surface area (Å²) in [4.78, 5) is 48.3. The van der Waals surface area contributed by atoms with E-state index >= 15 is 0 Å². The average Bonchev–Trinajstić information content (AvgIpc) is 2.72. The fourth-order valence-corrected chi connectivity index (χ4v) is 2.99. The van der Waals surface area contributed by atoms with E-state index in [0.29, 0.717) is 25.1 Å². The summed E-state index contributed by atoms with van der Waals surface area (Å²) in [5, 5.41) is 25.9. The van der Waals surface area contributed by atoms with Crippen molar-refractivity contribution in [1.82, 2.24) is 16.0 Å². The molecule has 0 heterocycles. The first-order valence-corrected chi connectivity index (χ1v) is 11.5. The van der Waals surface area contributed by atoms with Gasteiger partial charge in [0.2, 0.25) is 17.7 Å². The number of amides is 3. The Morgan fingerprint density at radius 3 is 2.03 bits per heavy atom. The van der Waals surface area contributed by atoms with Crippen LogP contribution in [-0.4, -0.2) is 89.0 Å². The molecule has 0 bridgehead atoms. The van der Waals surface area contributed by atoms with Crippen LogP contribution in [0.25, 0.3) is 0 Å². The summed E-state index contributed by atoms with van der Waals surface area (Å²) < 4.78 is 0. The molecule has 4 unspecified atom stereocenters. The van der Waals surface area contributed by atoms with Crippen LogP contribution in [0.3, 0.4) is 0 Å². The van der Waals surface area contributed by atoms with Crippen molar-refractivity contribution in [1.29, 1.82) is 0 Å². The van der Waals surface area contributed by atoms with E-state index in [1.54, 1.807) is 0 Å². The highest BCUT2D eigenvalue weighted by Gasteiger charge is 2.29. The summed E-state index contributed by atoms with van der Waals surface area (Å²) in [5.41, 5.74) is 11.0. The molecule has 0 rings (SSSR count). The van der Waals surface area contributed by atoms with E-state index in [9.17, 15) is 29.4 Å². The molecule has 3 amide bonds. The van der Waals surface area contributed by atoms with E-state index in [1.807, 2.05) is 6.26 Å². The van der Waals surface area contributed by atoms with Gasteiger partial charge in [-0.1, -0.05) is 0 Å². The lowest BCUT2D eigenvalue weighted by Gasteiger charge is -2.24. The lowest BCUT2D eigenvalue weighted by Crippen LogP contribution is -2.58. The Labute approximate surface area is 185 Å². The third-order valence-electron chi connectivity index (χ3n) is 4.15. The topological polar surface area (TPSA) is 197 Å². The Morgan fingerprint density at radius 1 is 0.967 bits per heavy atom. The van der Waals surface area contributed by atoms with Crippen LogP contribution in [0.2, 0.25) is 0 Å². The number of carboxylic acid groups (broad SMARTS) is 1. The minimum Gasteiger partial charge on any atom is -0.480 e. The van der Waals surface area contributed by atoms with Crippen LogP contribution in [0, 0.1) is 0 Å². The highest BCUT2D eigenvalue weighted by Crippen LogP contribution is 2.04. The normalized spacial score (nSPS) is 14.8. The number of hydrogen-bond donors (Lipinski definition) is 8. The zero-order chi connectivity index (χ0) is 23.1. The van der Waals surface area contributed by atoms with Crippen molar-refractivity contribution >= 4 is 48.1 Å². The third kappa shape index (κ3) is 11.0. The van der Waals surface area contributed by atoms with Gasteiger partial charge in [-0.25, -0.2) is 4.79 Å². The van der Waals surface area contributed by atoms with Crippen molar-refractivity contribution in [3.63, 3.8) is 0 Å². The molecule has 11 nitrogen and oxygen atoms in total. The molecule has 13 heteroatoms. The number of carbonyl (C=O) groups is 4. The summed E-state index contributed by atoms with van der Waals surface area (Å²) in [6.07, 6.45) is 3.37. The number of carbonyl (C=O) groups excluding carboxylic acids is 3. The van der Waals surface area contributed by atoms with Gasteiger partial charge in [0.25, 0.3) is 0 Å². The van der Waals surface area contributed by atoms with Crippen LogP contribution in [-0.2, 0) is 19.2 Å². The van der Waals surface area contributed by atoms with Crippen LogP contribution >= 0.6 is 24.4 Å². The minimum atomic E-state index is -1.37. The fraction of sp³-hybridized carbons (Fsp3) is 0.765. The molecule has 0 saturated carbocycles. The Morgan fingerprint density at radius 2 is 1.53 bits per heavy atom. The number of rotatable bonds is 16. The smallest absolute Gasteiger partial charge is 0.326 e. The molecule has 0 fully saturated rings. The highest BCUT2D eigenvalue weighted by molar-refractivity contribution is 7.98. The van der Waals surface area contributed by atoms with Gasteiger partial charge in [0, 0.05) is 5.75 Å². The summed E-state index contributed by atoms with van der Waals surface area (Å²) in [7, 11) is 0. The van der Waals surface area contributed by atoms with E-state index in [-0.39, 0.29) is 18.6 Å². The van der Waals surface area contributed by atoms with Crippen LogP contribution in [0.5, 0.6) is 0 Å². The molecule has 0 aromatic rings. The standard InChI is InChI=1S/C17H33N5O6S2/c1-30-7-5-11(20-14(24)10(19)9-29)15(25)22-13(8-23)16(26)21-12(17(27)28)4-2-3-6-18/h10-13,23,29H,2-9,18-19H2,1H3,(H,20,24)(H,21,26)(H,22,25)(H,27,28). The number of thioether (sulfide) groups is 1. The van der Waals surface area contributed by atoms with Crippen molar-refractivity contribution in [3.05, 3.63) is 0 Å². The molecular weight excluding hydrogens is 434 g/mol. The number of aliphatic hydroxyl groups is 1. The molecule has 4 atom stereocenters. The van der Waals surface area contributed by atoms with Gasteiger partial charge in [-0.2, -0.15) is 24.4 Å². The molecule has 174 valence electrons. The lowest BCUT2D eigenvalue weighted by molar-refractivity contribution is -0.142. The van der Waals surface area contributed by atoms with Crippen molar-refractivity contribution in [2.45, 2.75) is 49.9 Å². The molecule has 0 aromatic carbocycles. The second-order valence-electron chi connectivity index (χ2n) is 6.56. The predicted molar refractivity (Wildman–Crippen MR) is 118 cm³/mol. The first kappa shape index (κ1) is 28.5. The second-order valence-corrected chi connectivity index (χ2v) is 7.91. The Hall–Kier alpha value is -1.54. The first-order valence-electron chi connectivity index (χ1n) is 9.51. The summed E-state index contributed by atoms with van der Waals surface area (Å²) in [6.45, 7) is -0.346. The Kier molecular flexibility index (Phi) is 15.4. The van der Waals surface area contributed by atoms with E-state index in [0.717, 1.165) is 0 Å². The second kappa shape index (κ2) is 16.2. The van der Waals surface area contributed by atoms with Crippen molar-refractivity contribution < 1.29 is 29.4 Å². The summed E-state index contributed by atoms with van der Waals surface area (Å²) in [5.74, 6) is -2.69. The number of carboxylic acids is 1. The first-order chi connectivity index (χ1) is 14.2. The van der Waals surface area contributed by atoms with Gasteiger partial charge < -0.3 is 37.6 Å². The molecule has 0 aliphatic carbocycles. The van der Waals surface area contributed by atoms with Crippen LogP contribution in [0.4, 0.5) is 0 Å². The predicted octanol–water partition coefficient (Wildman–Crippen LogP) is -2.34. The summed E-state index contributed by atoms with van der Waals surface area (Å²) in [6, 6.07) is -4.42. The Balaban J connectivity index is 5.07. The number of hydrogen-bond acceptors (Lipinski definition) is 9. The van der Waals surface area contributed by atoms with Crippen molar-refractivity contribution in [2.75, 3.05) is 30.9 Å². The largest absolute Gasteiger partial charge is 0.480 e. The fourth-order valence-electron chi connectivity index (χ4n) is 2.36. The van der Waals surface area contributed by atoms with Gasteiger partial charge in [0.05, 0.1) is 12.6 Å². The van der Waals surface area contributed by atoms with E-state index in [1.165, 1.54) is 11.8 Å². The summed E-state index contributed by atoms with van der Waals surface area (Å²) >= 11 is 5.40. The maximum absolute atomic E-state index is 12.6. The molecule has 9 N–H and O–H groups in total. The third-order valence-corrected chi connectivity index (χ3v) is 5.19. The molecule has 0 saturated heterocycles. The number of aliphatic hydroxyl groups excluding tert-OH is 1. The maximum Gasteiger partial charge on any atom is 0.326 e. The zero-order valence-corrected chi connectivity index (χ0v) is 18.7. The molecule has 0 aliphatic heterocycles. The lowest BCUT2D eigenvalue weighted by atomic mass is 10.1. The van der Waals surface area contributed by atoms with Gasteiger partial charge in [-0.15, -0.1) is 0 Å². The van der Waals surface area contributed by atoms with E-state index in [2.05, 4.69) is 28.6 Å². The van der Waals surface area contributed by atoms with Crippen LogP contribution in [0.15, 0.2) is 0 Å². The number of nitrogens with one attached hydrogen (secondary N) is 3. The number of aliphatic carboxylic acids is 1. The van der Waals surface area contributed by atoms with Crippen molar-refractivity contribution in [2.24, 2.45) is 11.5 Å². The quantitative estimate of drug-likeness (QED) is 0.0905. The van der Waals surface area contributed by atoms with E-state index in [4.69, 9.17) is 11.5 Å². The minimum absolute atomic E-state index is 0.0884. The SMILES string of the molecule is CSCCC(NC(=O)C(N)CS)C(=O)NC(CO)C(=O)NC(CCCCN)C(=O)O. The van der Waals surface area contributed by atoms with Gasteiger partial charge in [-0.3, -0.25) is 14.4 Å². The highest BCUT2D eigenvalue weighted by atomic mass is 32.2. The zero-order valence-electron chi connectivity index (χ0n) is 17.0. The van der Waals surface area contributed by atoms with Gasteiger partial charge in [-0.05, 0) is 44.2 Å². The van der Waals surface area contributed by atoms with Gasteiger partial charge in [0.15, 0.2) is 0 Å². The van der Waals surface area contributed by atoms with Gasteiger partial charge >= 0.3 is 5.97 Å². The number of thiol groups is 1. The van der Waals surface area contributed by atoms with Crippen LogP contribution in [0.1, 0.15) is 25.7 Å². The average molecular weight is 468 g/mol. The molecule has 30 heavy (non-hydrogen) atoms. The van der Waals surface area contributed by atoms with Crippen LogP contribution < -0.4 is 27.4 Å². The molecule has 0 spiro atoms. The molecule has 0 aromatic heterocycles. The van der Waals surface area contributed by atoms with Gasteiger partial charge in [0.1, 0.15) is 18.1 Å². The Bertz CT molecular complexity index is 569. The molecule has 0 aliphatic rings. The number of unbranched alkanes of at least 4 members (excludes halogenated alkanes) is 1. The van der Waals surface area contributed by atoms with Crippen molar-refractivity contribution in [3.8, 4) is 0 Å². The molecule has 0 radical (unpaired) electrons. The monoisotopic (exact) mass is 467 g/mol. The van der Waals surface area contributed by atoms with E-state index < -0.39 is 54.5 Å². The molecular formula is C17H33N5O6S2.